The largest absolute Gasteiger partial charge is 0.347 e. The topological polar surface area (TPSA) is 52.6 Å². The Morgan fingerprint density at radius 3 is 2.55 bits per heavy atom. The highest BCUT2D eigenvalue weighted by molar-refractivity contribution is 7.91. The number of sulfone groups is 1. The van der Waals surface area contributed by atoms with E-state index in [-0.39, 0.29) is 11.9 Å². The smallest absolute Gasteiger partial charge is 0.181 e. The number of rotatable bonds is 4. The van der Waals surface area contributed by atoms with Crippen molar-refractivity contribution in [2.45, 2.75) is 37.6 Å². The molecule has 0 N–H and O–H groups in total. The maximum Gasteiger partial charge on any atom is 0.181 e. The second-order valence-electron chi connectivity index (χ2n) is 5.36. The molecule has 1 aromatic carbocycles. The average molecular weight is 296 g/mol. The minimum Gasteiger partial charge on any atom is -0.347 e. The molecule has 1 aliphatic heterocycles. The molecule has 0 saturated carbocycles. The number of ether oxygens (including phenoxy) is 2. The molecule has 110 valence electrons. The zero-order chi connectivity index (χ0) is 14.8. The van der Waals surface area contributed by atoms with E-state index in [1.807, 2.05) is 20.8 Å². The quantitative estimate of drug-likeness (QED) is 0.801. The normalized spacial score (nSPS) is 22.9. The van der Waals surface area contributed by atoms with E-state index in [9.17, 15) is 8.42 Å². The van der Waals surface area contributed by atoms with Crippen molar-refractivity contribution < 1.29 is 17.9 Å². The molecule has 1 heterocycles. The Labute approximate surface area is 120 Å². The third-order valence-electron chi connectivity index (χ3n) is 3.24. The summed E-state index contributed by atoms with van der Waals surface area (Å²) in [7, 11) is -3.29. The van der Waals surface area contributed by atoms with E-state index in [2.05, 4.69) is 0 Å². The summed E-state index contributed by atoms with van der Waals surface area (Å²) in [5.41, 5.74) is 0.884. The Kier molecular flexibility index (Phi) is 4.32. The molecule has 0 aliphatic carbocycles. The first-order valence-electron chi connectivity index (χ1n) is 6.56. The molecule has 1 atom stereocenters. The second kappa shape index (κ2) is 5.68. The molecule has 0 amide bonds. The van der Waals surface area contributed by atoms with Gasteiger partial charge < -0.3 is 9.47 Å². The van der Waals surface area contributed by atoms with Crippen LogP contribution >= 0.6 is 0 Å². The van der Waals surface area contributed by atoms with Crippen molar-refractivity contribution in [2.75, 3.05) is 12.4 Å². The molecule has 1 aliphatic rings. The van der Waals surface area contributed by atoms with Gasteiger partial charge in [-0.05, 0) is 38.5 Å². The minimum absolute atomic E-state index is 0.0247. The van der Waals surface area contributed by atoms with E-state index < -0.39 is 15.6 Å². The lowest BCUT2D eigenvalue weighted by atomic mass is 10.2. The van der Waals surface area contributed by atoms with Gasteiger partial charge in [-0.25, -0.2) is 8.42 Å². The number of benzene rings is 1. The molecule has 1 saturated heterocycles. The zero-order valence-electron chi connectivity index (χ0n) is 12.0. The predicted octanol–water partition coefficient (Wildman–Crippen LogP) is 2.56. The van der Waals surface area contributed by atoms with E-state index in [4.69, 9.17) is 9.47 Å². The van der Waals surface area contributed by atoms with E-state index >= 15 is 0 Å². The van der Waals surface area contributed by atoms with Crippen LogP contribution in [0.2, 0.25) is 0 Å². The average Bonchev–Trinajstić information content (AvgIpc) is 2.78. The van der Waals surface area contributed by atoms with Crippen LogP contribution in [0.3, 0.4) is 0 Å². The number of hydrogen-bond acceptors (Lipinski definition) is 4. The first-order chi connectivity index (χ1) is 9.30. The van der Waals surface area contributed by atoms with Gasteiger partial charge in [0, 0.05) is 0 Å². The summed E-state index contributed by atoms with van der Waals surface area (Å²) in [6.45, 7) is 6.03. The summed E-state index contributed by atoms with van der Waals surface area (Å²) < 4.78 is 35.5. The summed E-state index contributed by atoms with van der Waals surface area (Å²) in [6.07, 6.45) is 1.54. The molecule has 1 fully saturated rings. The highest BCUT2D eigenvalue weighted by Crippen LogP contribution is 2.26. The Morgan fingerprint density at radius 1 is 1.35 bits per heavy atom. The fourth-order valence-corrected chi connectivity index (χ4v) is 3.25. The van der Waals surface area contributed by atoms with E-state index in [0.717, 1.165) is 5.57 Å². The molecule has 0 bridgehead atoms. The predicted molar refractivity (Wildman–Crippen MR) is 77.2 cm³/mol. The fraction of sp³-hybridized carbons (Fsp3) is 0.467. The Morgan fingerprint density at radius 2 is 2.00 bits per heavy atom. The van der Waals surface area contributed by atoms with Gasteiger partial charge in [0.1, 0.15) is 6.10 Å². The first-order valence-corrected chi connectivity index (χ1v) is 8.22. The molecule has 0 aromatic heterocycles. The van der Waals surface area contributed by atoms with E-state index in [1.54, 1.807) is 36.4 Å². The minimum atomic E-state index is -3.29. The van der Waals surface area contributed by atoms with Gasteiger partial charge in [0.15, 0.2) is 15.6 Å². The maximum atomic E-state index is 12.2. The molecule has 20 heavy (non-hydrogen) atoms. The van der Waals surface area contributed by atoms with Crippen LogP contribution in [-0.2, 0) is 19.3 Å². The van der Waals surface area contributed by atoms with Gasteiger partial charge >= 0.3 is 0 Å². The molecule has 4 nitrogen and oxygen atoms in total. The standard InChI is InChI=1S/C15H20O4S/c1-12(14-11-18-15(2,3)19-14)9-10-20(16,17)13-7-5-4-6-8-13/h4-9,14H,10-11H2,1-3H3/b12-9+/t14-/m1/s1. The summed E-state index contributed by atoms with van der Waals surface area (Å²) in [5.74, 6) is -0.624. The second-order valence-corrected chi connectivity index (χ2v) is 7.39. The van der Waals surface area contributed by atoms with E-state index in [1.165, 1.54) is 0 Å². The number of hydrogen-bond donors (Lipinski definition) is 0. The third kappa shape index (κ3) is 3.69. The van der Waals surface area contributed by atoms with Gasteiger partial charge in [-0.15, -0.1) is 0 Å². The van der Waals surface area contributed by atoms with Gasteiger partial charge in [0.05, 0.1) is 17.3 Å². The lowest BCUT2D eigenvalue weighted by Gasteiger charge is -2.17. The SMILES string of the molecule is C/C(=C\CS(=O)(=O)c1ccccc1)[C@H]1COC(C)(C)O1. The van der Waals surface area contributed by atoms with Crippen LogP contribution < -0.4 is 0 Å². The van der Waals surface area contributed by atoms with Crippen LogP contribution in [0.15, 0.2) is 46.9 Å². The van der Waals surface area contributed by atoms with Crippen LogP contribution in [0, 0.1) is 0 Å². The van der Waals surface area contributed by atoms with Crippen LogP contribution in [0.4, 0.5) is 0 Å². The molecule has 0 radical (unpaired) electrons. The van der Waals surface area contributed by atoms with Crippen LogP contribution in [0.25, 0.3) is 0 Å². The highest BCUT2D eigenvalue weighted by Gasteiger charge is 2.33. The summed E-state index contributed by atoms with van der Waals surface area (Å²) in [4.78, 5) is 0.341. The Balaban J connectivity index is 2.06. The zero-order valence-corrected chi connectivity index (χ0v) is 12.8. The van der Waals surface area contributed by atoms with Gasteiger partial charge in [0.25, 0.3) is 0 Å². The van der Waals surface area contributed by atoms with Gasteiger partial charge in [-0.2, -0.15) is 0 Å². The van der Waals surface area contributed by atoms with Crippen LogP contribution in [-0.4, -0.2) is 32.7 Å². The van der Waals surface area contributed by atoms with Crippen molar-refractivity contribution in [3.8, 4) is 0 Å². The first kappa shape index (κ1) is 15.2. The van der Waals surface area contributed by atoms with Crippen molar-refractivity contribution in [2.24, 2.45) is 0 Å². The summed E-state index contributed by atoms with van der Waals surface area (Å²) in [6, 6.07) is 8.46. The lowest BCUT2D eigenvalue weighted by molar-refractivity contribution is -0.134. The molecule has 2 rings (SSSR count). The molecule has 0 unspecified atom stereocenters. The van der Waals surface area contributed by atoms with Gasteiger partial charge in [0.2, 0.25) is 0 Å². The van der Waals surface area contributed by atoms with Crippen LogP contribution in [0.5, 0.6) is 0 Å². The van der Waals surface area contributed by atoms with Crippen molar-refractivity contribution in [1.82, 2.24) is 0 Å². The summed E-state index contributed by atoms with van der Waals surface area (Å²) in [5, 5.41) is 0. The van der Waals surface area contributed by atoms with E-state index in [0.29, 0.717) is 11.5 Å². The molecular weight excluding hydrogens is 276 g/mol. The van der Waals surface area contributed by atoms with Crippen LogP contribution in [0.1, 0.15) is 20.8 Å². The highest BCUT2D eigenvalue weighted by atomic mass is 32.2. The van der Waals surface area contributed by atoms with Crippen molar-refractivity contribution in [3.63, 3.8) is 0 Å². The molecular formula is C15H20O4S. The Bertz CT molecular complexity index is 588. The molecule has 0 spiro atoms. The molecule has 5 heteroatoms. The fourth-order valence-electron chi connectivity index (χ4n) is 2.01. The summed E-state index contributed by atoms with van der Waals surface area (Å²) >= 11 is 0. The van der Waals surface area contributed by atoms with Crippen molar-refractivity contribution in [1.29, 1.82) is 0 Å². The van der Waals surface area contributed by atoms with Crippen molar-refractivity contribution >= 4 is 9.84 Å². The third-order valence-corrected chi connectivity index (χ3v) is 4.84. The van der Waals surface area contributed by atoms with Crippen molar-refractivity contribution in [3.05, 3.63) is 42.0 Å². The molecule has 1 aromatic rings. The maximum absolute atomic E-state index is 12.2. The lowest BCUT2D eigenvalue weighted by Crippen LogP contribution is -2.22. The van der Waals surface area contributed by atoms with Gasteiger partial charge in [-0.1, -0.05) is 24.3 Å². The van der Waals surface area contributed by atoms with Gasteiger partial charge in [-0.3, -0.25) is 0 Å². The monoisotopic (exact) mass is 296 g/mol. The Hall–Kier alpha value is -1.17.